The van der Waals surface area contributed by atoms with Gasteiger partial charge in [0.25, 0.3) is 5.91 Å². The molecule has 220 valence electrons. The van der Waals surface area contributed by atoms with E-state index in [2.05, 4.69) is 38.2 Å². The second-order valence-electron chi connectivity index (χ2n) is 12.9. The fourth-order valence-electron chi connectivity index (χ4n) is 6.58. The maximum absolute atomic E-state index is 14.1. The number of carbonyl (C=O) groups excluding carboxylic acids is 3. The van der Waals surface area contributed by atoms with Crippen LogP contribution in [0.25, 0.3) is 0 Å². The van der Waals surface area contributed by atoms with Crippen molar-refractivity contribution in [2.45, 2.75) is 97.2 Å². The molecule has 0 bridgehead atoms. The number of phenols is 1. The van der Waals surface area contributed by atoms with Gasteiger partial charge in [0.2, 0.25) is 5.91 Å². The van der Waals surface area contributed by atoms with E-state index in [-0.39, 0.29) is 45.8 Å². The minimum atomic E-state index is -1.16. The molecule has 3 unspecified atom stereocenters. The predicted octanol–water partition coefficient (Wildman–Crippen LogP) is 5.56. The van der Waals surface area contributed by atoms with Crippen LogP contribution in [0, 0.1) is 21.7 Å². The van der Waals surface area contributed by atoms with Gasteiger partial charge in [-0.05, 0) is 103 Å². The highest BCUT2D eigenvalue weighted by Gasteiger charge is 2.50. The minimum absolute atomic E-state index is 0.127. The van der Waals surface area contributed by atoms with Crippen LogP contribution in [0.5, 0.6) is 5.75 Å². The topological polar surface area (TPSA) is 125 Å². The summed E-state index contributed by atoms with van der Waals surface area (Å²) in [4.78, 5) is 53.3. The number of nitrogens with zero attached hydrogens (tertiary/aromatic N) is 2. The second kappa shape index (κ2) is 11.7. The molecule has 0 aromatic heterocycles. The van der Waals surface area contributed by atoms with Gasteiger partial charge < -0.3 is 20.1 Å². The van der Waals surface area contributed by atoms with Crippen LogP contribution >= 0.6 is 11.8 Å². The van der Waals surface area contributed by atoms with E-state index in [0.29, 0.717) is 49.7 Å². The summed E-state index contributed by atoms with van der Waals surface area (Å²) < 4.78 is 5.96. The van der Waals surface area contributed by atoms with Gasteiger partial charge in [-0.2, -0.15) is 11.8 Å². The lowest BCUT2D eigenvalue weighted by molar-refractivity contribution is -0.160. The maximum Gasteiger partial charge on any atom is 0.329 e. The quantitative estimate of drug-likeness (QED) is 0.308. The van der Waals surface area contributed by atoms with E-state index in [1.54, 1.807) is 16.7 Å². The number of nitroso groups, excluding NO2 is 1. The van der Waals surface area contributed by atoms with E-state index in [1.807, 2.05) is 6.92 Å². The van der Waals surface area contributed by atoms with Crippen molar-refractivity contribution in [3.05, 3.63) is 28.7 Å². The highest BCUT2D eigenvalue weighted by atomic mass is 32.2. The van der Waals surface area contributed by atoms with E-state index in [9.17, 15) is 24.4 Å². The number of nitrogens with one attached hydrogen (secondary N) is 1. The van der Waals surface area contributed by atoms with Gasteiger partial charge >= 0.3 is 5.97 Å². The highest BCUT2D eigenvalue weighted by Crippen LogP contribution is 2.57. The molecular formula is C30H43N3O6S. The number of carbonyl (C=O) groups is 3. The number of benzene rings is 1. The number of ether oxygens (including phenoxy) is 1. The van der Waals surface area contributed by atoms with Gasteiger partial charge in [0.1, 0.15) is 23.0 Å². The summed E-state index contributed by atoms with van der Waals surface area (Å²) in [5.74, 6) is 0.352. The molecule has 9 nitrogen and oxygen atoms in total. The molecule has 0 spiro atoms. The Morgan fingerprint density at radius 2 is 1.85 bits per heavy atom. The monoisotopic (exact) mass is 573 g/mol. The van der Waals surface area contributed by atoms with Gasteiger partial charge in [0.15, 0.2) is 0 Å². The molecule has 1 saturated carbocycles. The van der Waals surface area contributed by atoms with E-state index >= 15 is 0 Å². The lowest BCUT2D eigenvalue weighted by atomic mass is 9.66. The van der Waals surface area contributed by atoms with E-state index in [1.165, 1.54) is 18.2 Å². The first-order valence-corrected chi connectivity index (χ1v) is 15.5. The molecule has 2 amide bonds. The Morgan fingerprint density at radius 1 is 1.15 bits per heavy atom. The third-order valence-corrected chi connectivity index (χ3v) is 11.0. The second-order valence-corrected chi connectivity index (χ2v) is 14.1. The summed E-state index contributed by atoms with van der Waals surface area (Å²) >= 11 is 1.72. The van der Waals surface area contributed by atoms with Gasteiger partial charge in [-0.1, -0.05) is 27.7 Å². The van der Waals surface area contributed by atoms with Crippen molar-refractivity contribution in [2.24, 2.45) is 21.9 Å². The molecule has 1 aliphatic carbocycles. The van der Waals surface area contributed by atoms with Crippen molar-refractivity contribution in [3.63, 3.8) is 0 Å². The zero-order valence-electron chi connectivity index (χ0n) is 24.3. The molecule has 2 aliphatic heterocycles. The Kier molecular flexibility index (Phi) is 8.88. The first kappa shape index (κ1) is 30.3. The molecule has 40 heavy (non-hydrogen) atoms. The normalized spacial score (nSPS) is 25.7. The smallest absolute Gasteiger partial charge is 0.329 e. The number of rotatable bonds is 8. The molecule has 0 radical (unpaired) electrons. The standard InChI is InChI=1S/C30H43N3O6S/c1-19(17-21-10-11-28(2,3)29(21,4)5)39-26(36)23-7-6-14-33(23)27(37)30(12-15-40-16-13-30)31-25(35)20-8-9-24(34)22(18-20)32-38/h8-9,18-19,21,23,34H,6-7,10-17H2,1-5H3,(H,31,35). The third-order valence-electron chi connectivity index (χ3n) is 10.0. The fraction of sp³-hybridized carbons (Fsp3) is 0.700. The maximum atomic E-state index is 14.1. The molecule has 4 rings (SSSR count). The van der Waals surface area contributed by atoms with Gasteiger partial charge in [0, 0.05) is 12.1 Å². The fourth-order valence-corrected chi connectivity index (χ4v) is 7.77. The molecule has 1 aromatic carbocycles. The zero-order chi connectivity index (χ0) is 29.3. The number of aromatic hydroxyl groups is 1. The largest absolute Gasteiger partial charge is 0.506 e. The van der Waals surface area contributed by atoms with Crippen LogP contribution in [0.2, 0.25) is 0 Å². The van der Waals surface area contributed by atoms with Crippen LogP contribution in [0.3, 0.4) is 0 Å². The summed E-state index contributed by atoms with van der Waals surface area (Å²) in [7, 11) is 0. The molecular weight excluding hydrogens is 530 g/mol. The average Bonchev–Trinajstić information content (AvgIpc) is 3.48. The molecule has 3 atom stereocenters. The van der Waals surface area contributed by atoms with Crippen LogP contribution in [-0.2, 0) is 14.3 Å². The van der Waals surface area contributed by atoms with E-state index < -0.39 is 17.5 Å². The van der Waals surface area contributed by atoms with Crippen LogP contribution in [0.1, 0.15) is 89.9 Å². The van der Waals surface area contributed by atoms with Crippen LogP contribution in [-0.4, -0.2) is 63.5 Å². The van der Waals surface area contributed by atoms with Crippen molar-refractivity contribution in [3.8, 4) is 5.75 Å². The SMILES string of the molecule is CC(CC1CCC(C)(C)C1(C)C)OC(=O)C1CCCN1C(=O)C1(NC(=O)c2ccc(O)c(N=O)c2)CCSCC1. The van der Waals surface area contributed by atoms with Gasteiger partial charge in [-0.3, -0.25) is 9.59 Å². The zero-order valence-corrected chi connectivity index (χ0v) is 25.1. The number of amides is 2. The molecule has 2 N–H and O–H groups in total. The predicted molar refractivity (Wildman–Crippen MR) is 156 cm³/mol. The lowest BCUT2D eigenvalue weighted by Gasteiger charge is -2.41. The van der Waals surface area contributed by atoms with Crippen LogP contribution in [0.4, 0.5) is 5.69 Å². The Balaban J connectivity index is 1.46. The average molecular weight is 574 g/mol. The van der Waals surface area contributed by atoms with Gasteiger partial charge in [0.05, 0.1) is 6.10 Å². The van der Waals surface area contributed by atoms with Crippen molar-refractivity contribution in [1.29, 1.82) is 0 Å². The van der Waals surface area contributed by atoms with Crippen molar-refractivity contribution >= 4 is 35.2 Å². The van der Waals surface area contributed by atoms with E-state index in [4.69, 9.17) is 4.74 Å². The highest BCUT2D eigenvalue weighted by molar-refractivity contribution is 7.99. The molecule has 1 aromatic rings. The number of phenolic OH excluding ortho intramolecular Hbond substituents is 1. The molecule has 2 heterocycles. The Morgan fingerprint density at radius 3 is 2.48 bits per heavy atom. The number of hydrogen-bond donors (Lipinski definition) is 2. The summed E-state index contributed by atoms with van der Waals surface area (Å²) in [6.45, 7) is 11.6. The van der Waals surface area contributed by atoms with Crippen LogP contribution in [0.15, 0.2) is 23.4 Å². The Labute approximate surface area is 241 Å². The number of esters is 1. The summed E-state index contributed by atoms with van der Waals surface area (Å²) in [5.41, 5.74) is -0.899. The summed E-state index contributed by atoms with van der Waals surface area (Å²) in [6, 6.07) is 3.15. The van der Waals surface area contributed by atoms with Crippen molar-refractivity contribution in [2.75, 3.05) is 18.1 Å². The summed E-state index contributed by atoms with van der Waals surface area (Å²) in [5, 5.41) is 15.5. The molecule has 2 saturated heterocycles. The third kappa shape index (κ3) is 5.87. The van der Waals surface area contributed by atoms with E-state index in [0.717, 1.165) is 19.3 Å². The number of likely N-dealkylation sites (tertiary alicyclic amines) is 1. The molecule has 3 fully saturated rings. The summed E-state index contributed by atoms with van der Waals surface area (Å²) in [6.07, 6.45) is 4.89. The van der Waals surface area contributed by atoms with Crippen LogP contribution < -0.4 is 5.32 Å². The molecule has 10 heteroatoms. The molecule has 3 aliphatic rings. The van der Waals surface area contributed by atoms with Gasteiger partial charge in [-0.15, -0.1) is 4.91 Å². The number of hydrogen-bond acceptors (Lipinski definition) is 8. The number of thioether (sulfide) groups is 1. The lowest BCUT2D eigenvalue weighted by Crippen LogP contribution is -2.62. The first-order chi connectivity index (χ1) is 18.8. The first-order valence-electron chi connectivity index (χ1n) is 14.4. The Bertz CT molecular complexity index is 1150. The van der Waals surface area contributed by atoms with Crippen molar-refractivity contribution < 1.29 is 24.2 Å². The van der Waals surface area contributed by atoms with Gasteiger partial charge in [-0.25, -0.2) is 4.79 Å². The minimum Gasteiger partial charge on any atom is -0.506 e. The Hall–Kier alpha value is -2.62. The van der Waals surface area contributed by atoms with Crippen molar-refractivity contribution in [1.82, 2.24) is 10.2 Å².